The Morgan fingerprint density at radius 1 is 1.30 bits per heavy atom. The molecule has 9 heteroatoms. The van der Waals surface area contributed by atoms with Gasteiger partial charge in [-0.15, -0.1) is 0 Å². The van der Waals surface area contributed by atoms with Crippen LogP contribution in [-0.4, -0.2) is 68.7 Å². The van der Waals surface area contributed by atoms with Crippen molar-refractivity contribution < 1.29 is 19.8 Å². The fourth-order valence-electron chi connectivity index (χ4n) is 5.72. The minimum Gasteiger partial charge on any atom is -0.504 e. The average Bonchev–Trinajstić information content (AvgIpc) is 3.34. The van der Waals surface area contributed by atoms with Gasteiger partial charge in [0, 0.05) is 18.8 Å². The van der Waals surface area contributed by atoms with Crippen LogP contribution in [0.15, 0.2) is 12.3 Å². The third-order valence-electron chi connectivity index (χ3n) is 7.74. The van der Waals surface area contributed by atoms with E-state index in [9.17, 15) is 19.8 Å². The number of amides is 2. The van der Waals surface area contributed by atoms with Gasteiger partial charge >= 0.3 is 0 Å². The van der Waals surface area contributed by atoms with Crippen molar-refractivity contribution in [3.8, 4) is 5.75 Å². The first kappa shape index (κ1) is 24.6. The maximum atomic E-state index is 13.8. The molecule has 3 aliphatic rings. The van der Waals surface area contributed by atoms with Crippen molar-refractivity contribution in [2.45, 2.75) is 70.6 Å². The summed E-state index contributed by atoms with van der Waals surface area (Å²) in [6.07, 6.45) is 7.86. The summed E-state index contributed by atoms with van der Waals surface area (Å²) in [7, 11) is 0. The van der Waals surface area contributed by atoms with Crippen LogP contribution in [0.3, 0.4) is 0 Å². The zero-order valence-electron chi connectivity index (χ0n) is 19.5. The lowest BCUT2D eigenvalue weighted by Gasteiger charge is -2.59. The molecular weight excluding hydrogens is 462 g/mol. The Hall–Kier alpha value is -1.51. The number of aliphatic hydroxyl groups is 1. The molecule has 1 aromatic heterocycles. The summed E-state index contributed by atoms with van der Waals surface area (Å²) in [4.78, 5) is 33.1. The van der Waals surface area contributed by atoms with Crippen LogP contribution in [0.4, 0.5) is 0 Å². The van der Waals surface area contributed by atoms with Gasteiger partial charge in [-0.2, -0.15) is 11.8 Å². The van der Waals surface area contributed by atoms with Gasteiger partial charge in [0.05, 0.1) is 11.1 Å². The number of carbonyl (C=O) groups excluding carboxylic acids is 2. The van der Waals surface area contributed by atoms with Gasteiger partial charge in [0.15, 0.2) is 11.4 Å². The predicted octanol–water partition coefficient (Wildman–Crippen LogP) is 3.47. The Kier molecular flexibility index (Phi) is 6.91. The molecule has 3 aliphatic carbocycles. The quantitative estimate of drug-likeness (QED) is 0.453. The second-order valence-electron chi connectivity index (χ2n) is 10.7. The van der Waals surface area contributed by atoms with Gasteiger partial charge in [0.1, 0.15) is 6.04 Å². The SMILES string of the molecule is CSCCCNC(=O)C([C@H]1CC1(C)C)N(C(=O)c1nccc(Cl)c1O)C1CC2(CC(O)C2)C1. The fourth-order valence-corrected chi connectivity index (χ4v) is 6.30. The van der Waals surface area contributed by atoms with E-state index in [1.165, 1.54) is 12.3 Å². The van der Waals surface area contributed by atoms with E-state index < -0.39 is 11.9 Å². The number of nitrogens with zero attached hydrogens (tertiary/aromatic N) is 2. The molecule has 3 saturated carbocycles. The zero-order chi connectivity index (χ0) is 24.0. The molecule has 182 valence electrons. The molecule has 1 heterocycles. The van der Waals surface area contributed by atoms with Crippen molar-refractivity contribution in [1.29, 1.82) is 0 Å². The maximum absolute atomic E-state index is 13.8. The average molecular weight is 496 g/mol. The number of aliphatic hydroxyl groups excluding tert-OH is 1. The Morgan fingerprint density at radius 3 is 2.55 bits per heavy atom. The summed E-state index contributed by atoms with van der Waals surface area (Å²) >= 11 is 7.81. The van der Waals surface area contributed by atoms with Crippen LogP contribution in [0.2, 0.25) is 5.02 Å². The van der Waals surface area contributed by atoms with E-state index in [0.29, 0.717) is 6.54 Å². The van der Waals surface area contributed by atoms with Gasteiger partial charge in [-0.25, -0.2) is 4.98 Å². The van der Waals surface area contributed by atoms with Crippen LogP contribution in [0.25, 0.3) is 0 Å². The molecule has 0 bridgehead atoms. The van der Waals surface area contributed by atoms with Crippen LogP contribution in [-0.2, 0) is 4.79 Å². The highest BCUT2D eigenvalue weighted by Gasteiger charge is 2.61. The molecule has 33 heavy (non-hydrogen) atoms. The first-order valence-corrected chi connectivity index (χ1v) is 13.5. The zero-order valence-corrected chi connectivity index (χ0v) is 21.1. The molecule has 2 amide bonds. The molecule has 2 atom stereocenters. The number of pyridine rings is 1. The molecule has 1 aromatic rings. The van der Waals surface area contributed by atoms with Gasteiger partial charge < -0.3 is 20.4 Å². The van der Waals surface area contributed by atoms with Gasteiger partial charge in [-0.1, -0.05) is 25.4 Å². The van der Waals surface area contributed by atoms with Crippen LogP contribution < -0.4 is 5.32 Å². The van der Waals surface area contributed by atoms with E-state index in [1.54, 1.807) is 16.7 Å². The van der Waals surface area contributed by atoms with E-state index in [0.717, 1.165) is 44.3 Å². The second-order valence-corrected chi connectivity index (χ2v) is 12.1. The lowest BCUT2D eigenvalue weighted by atomic mass is 9.52. The van der Waals surface area contributed by atoms with E-state index >= 15 is 0 Å². The minimum atomic E-state index is -0.630. The van der Waals surface area contributed by atoms with Crippen molar-refractivity contribution in [2.24, 2.45) is 16.7 Å². The molecule has 3 N–H and O–H groups in total. The molecule has 0 aliphatic heterocycles. The Balaban J connectivity index is 1.63. The summed E-state index contributed by atoms with van der Waals surface area (Å²) in [6, 6.07) is 0.671. The maximum Gasteiger partial charge on any atom is 0.277 e. The van der Waals surface area contributed by atoms with Gasteiger partial charge in [-0.05, 0) is 73.3 Å². The van der Waals surface area contributed by atoms with E-state index in [1.807, 2.05) is 6.26 Å². The van der Waals surface area contributed by atoms with Crippen molar-refractivity contribution in [1.82, 2.24) is 15.2 Å². The van der Waals surface area contributed by atoms with Crippen LogP contribution in [0.5, 0.6) is 5.75 Å². The molecule has 3 fully saturated rings. The third kappa shape index (κ3) is 4.84. The highest BCUT2D eigenvalue weighted by atomic mass is 35.5. The summed E-state index contributed by atoms with van der Waals surface area (Å²) in [5, 5.41) is 23.4. The first-order chi connectivity index (χ1) is 15.6. The first-order valence-electron chi connectivity index (χ1n) is 11.7. The van der Waals surface area contributed by atoms with Crippen LogP contribution in [0.1, 0.15) is 62.9 Å². The number of aromatic hydroxyl groups is 1. The Bertz CT molecular complexity index is 913. The van der Waals surface area contributed by atoms with Crippen molar-refractivity contribution >= 4 is 35.2 Å². The smallest absolute Gasteiger partial charge is 0.277 e. The predicted molar refractivity (Wildman–Crippen MR) is 129 cm³/mol. The lowest BCUT2D eigenvalue weighted by Crippen LogP contribution is -2.64. The van der Waals surface area contributed by atoms with Gasteiger partial charge in [-0.3, -0.25) is 9.59 Å². The number of thioether (sulfide) groups is 1. The molecule has 1 unspecified atom stereocenters. The third-order valence-corrected chi connectivity index (χ3v) is 8.75. The summed E-state index contributed by atoms with van der Waals surface area (Å²) in [5.74, 6) is 0.0390. The Labute approximate surface area is 204 Å². The lowest BCUT2D eigenvalue weighted by molar-refractivity contribution is -0.140. The normalized spacial score (nSPS) is 30.2. The largest absolute Gasteiger partial charge is 0.504 e. The number of hydrogen-bond donors (Lipinski definition) is 3. The summed E-state index contributed by atoms with van der Waals surface area (Å²) < 4.78 is 0. The second kappa shape index (κ2) is 9.27. The van der Waals surface area contributed by atoms with Gasteiger partial charge in [0.2, 0.25) is 5.91 Å². The van der Waals surface area contributed by atoms with E-state index in [-0.39, 0.29) is 51.3 Å². The number of nitrogens with one attached hydrogen (secondary N) is 1. The number of carbonyl (C=O) groups is 2. The summed E-state index contributed by atoms with van der Waals surface area (Å²) in [6.45, 7) is 4.80. The molecular formula is C24H34ClN3O4S. The topological polar surface area (TPSA) is 103 Å². The molecule has 0 aromatic carbocycles. The molecule has 1 spiro atoms. The van der Waals surface area contributed by atoms with E-state index in [2.05, 4.69) is 24.1 Å². The number of halogens is 1. The number of hydrogen-bond acceptors (Lipinski definition) is 6. The minimum absolute atomic E-state index is 0.0341. The molecule has 0 saturated heterocycles. The van der Waals surface area contributed by atoms with Crippen molar-refractivity contribution in [3.05, 3.63) is 23.0 Å². The monoisotopic (exact) mass is 495 g/mol. The van der Waals surface area contributed by atoms with Crippen LogP contribution in [0, 0.1) is 16.7 Å². The molecule has 4 rings (SSSR count). The molecule has 7 nitrogen and oxygen atoms in total. The Morgan fingerprint density at radius 2 is 1.97 bits per heavy atom. The van der Waals surface area contributed by atoms with Crippen molar-refractivity contribution in [3.63, 3.8) is 0 Å². The highest BCUT2D eigenvalue weighted by molar-refractivity contribution is 7.98. The molecule has 0 radical (unpaired) electrons. The standard InChI is InChI=1S/C24H34ClN3O4S/c1-23(2)13-16(23)19(21(31)27-6-4-8-33-3)28(14-9-24(10-14)11-15(29)12-24)22(32)18-20(30)17(25)5-7-26-18/h5,7,14-16,19,29-30H,4,6,8-13H2,1-3H3,(H,27,31)/t14?,15?,16-,19?,24?/m1/s1. The highest BCUT2D eigenvalue weighted by Crippen LogP contribution is 2.60. The number of rotatable bonds is 9. The van der Waals surface area contributed by atoms with E-state index in [4.69, 9.17) is 11.6 Å². The fraction of sp³-hybridized carbons (Fsp3) is 0.708. The summed E-state index contributed by atoms with van der Waals surface area (Å²) in [5.41, 5.74) is -0.0986. The number of aromatic nitrogens is 1. The van der Waals surface area contributed by atoms with Crippen LogP contribution >= 0.6 is 23.4 Å². The van der Waals surface area contributed by atoms with Crippen molar-refractivity contribution in [2.75, 3.05) is 18.6 Å². The van der Waals surface area contributed by atoms with Gasteiger partial charge in [0.25, 0.3) is 5.91 Å².